The Morgan fingerprint density at radius 3 is 2.29 bits per heavy atom. The van der Waals surface area contributed by atoms with Crippen molar-refractivity contribution in [2.24, 2.45) is 0 Å². The number of carbonyl (C=O) groups is 1. The molecule has 0 aromatic heterocycles. The number of sulfonamides is 1. The van der Waals surface area contributed by atoms with Crippen LogP contribution in [0.25, 0.3) is 0 Å². The summed E-state index contributed by atoms with van der Waals surface area (Å²) in [6.45, 7) is 4.20. The molecule has 0 aliphatic heterocycles. The fraction of sp³-hybridized carbons (Fsp3) is 0.533. The Labute approximate surface area is 126 Å². The summed E-state index contributed by atoms with van der Waals surface area (Å²) >= 11 is 0. The van der Waals surface area contributed by atoms with Crippen LogP contribution >= 0.6 is 0 Å². The zero-order valence-corrected chi connectivity index (χ0v) is 13.5. The van der Waals surface area contributed by atoms with Crippen molar-refractivity contribution in [2.45, 2.75) is 39.2 Å². The summed E-state index contributed by atoms with van der Waals surface area (Å²) < 4.78 is 24.8. The molecule has 0 heterocycles. The summed E-state index contributed by atoms with van der Waals surface area (Å²) in [5.41, 5.74) is 2.93. The first-order valence-electron chi connectivity index (χ1n) is 7.10. The number of aryl methyl sites for hydroxylation is 2. The summed E-state index contributed by atoms with van der Waals surface area (Å²) in [6.07, 6.45) is 3.17. The van der Waals surface area contributed by atoms with Gasteiger partial charge in [-0.15, -0.1) is 0 Å². The molecule has 116 valence electrons. The van der Waals surface area contributed by atoms with Crippen molar-refractivity contribution < 1.29 is 13.2 Å². The molecule has 1 aromatic carbocycles. The molecule has 1 saturated carbocycles. The number of nitrogens with zero attached hydrogens (tertiary/aromatic N) is 1. The topological polar surface area (TPSA) is 66.5 Å². The predicted molar refractivity (Wildman–Crippen MR) is 83.7 cm³/mol. The lowest BCUT2D eigenvalue weighted by molar-refractivity contribution is -0.116. The number of nitrogens with one attached hydrogen (secondary N) is 1. The molecule has 0 spiro atoms. The van der Waals surface area contributed by atoms with Gasteiger partial charge in [-0.1, -0.05) is 6.07 Å². The monoisotopic (exact) mass is 310 g/mol. The van der Waals surface area contributed by atoms with E-state index in [-0.39, 0.29) is 24.9 Å². The number of carbonyl (C=O) groups excluding carboxylic acids is 1. The van der Waals surface area contributed by atoms with Gasteiger partial charge in [0.1, 0.15) is 0 Å². The van der Waals surface area contributed by atoms with Crippen molar-refractivity contribution in [3.63, 3.8) is 0 Å². The second-order valence-corrected chi connectivity index (χ2v) is 7.71. The highest BCUT2D eigenvalue weighted by Crippen LogP contribution is 2.28. The normalized spacial score (nSPS) is 15.2. The third-order valence-corrected chi connectivity index (χ3v) is 4.78. The predicted octanol–water partition coefficient (Wildman–Crippen LogP) is 2.06. The molecular weight excluding hydrogens is 288 g/mol. The van der Waals surface area contributed by atoms with Crippen LogP contribution in [0.1, 0.15) is 30.4 Å². The van der Waals surface area contributed by atoms with Crippen molar-refractivity contribution in [2.75, 3.05) is 18.1 Å². The van der Waals surface area contributed by atoms with Crippen molar-refractivity contribution in [3.05, 3.63) is 29.3 Å². The van der Waals surface area contributed by atoms with Crippen LogP contribution in [-0.4, -0.2) is 37.5 Å². The first-order chi connectivity index (χ1) is 9.75. The molecule has 6 heteroatoms. The molecular formula is C15H22N2O3S. The molecule has 0 saturated heterocycles. The Kier molecular flexibility index (Phi) is 4.68. The van der Waals surface area contributed by atoms with Crippen LogP contribution in [0.2, 0.25) is 0 Å². The minimum atomic E-state index is -3.23. The van der Waals surface area contributed by atoms with Crippen LogP contribution in [0.3, 0.4) is 0 Å². The lowest BCUT2D eigenvalue weighted by Crippen LogP contribution is -2.34. The van der Waals surface area contributed by atoms with Gasteiger partial charge in [0.15, 0.2) is 0 Å². The Morgan fingerprint density at radius 1 is 1.24 bits per heavy atom. The van der Waals surface area contributed by atoms with Gasteiger partial charge >= 0.3 is 0 Å². The Bertz CT molecular complexity index is 616. The van der Waals surface area contributed by atoms with Crippen LogP contribution in [0.4, 0.5) is 5.69 Å². The molecule has 0 radical (unpaired) electrons. The lowest BCUT2D eigenvalue weighted by Gasteiger charge is -2.19. The number of rotatable bonds is 6. The van der Waals surface area contributed by atoms with Crippen molar-refractivity contribution in [3.8, 4) is 0 Å². The van der Waals surface area contributed by atoms with Crippen molar-refractivity contribution in [1.29, 1.82) is 0 Å². The van der Waals surface area contributed by atoms with E-state index in [1.165, 1.54) is 10.6 Å². The summed E-state index contributed by atoms with van der Waals surface area (Å²) in [5, 5.41) is 2.83. The molecule has 2 rings (SSSR count). The molecule has 0 unspecified atom stereocenters. The SMILES string of the molecule is Cc1cc(C)cc(NC(=O)CCN(C2CC2)S(C)(=O)=O)c1. The lowest BCUT2D eigenvalue weighted by atomic mass is 10.1. The van der Waals surface area contributed by atoms with Gasteiger partial charge in [0.25, 0.3) is 0 Å². The molecule has 1 N–H and O–H groups in total. The first kappa shape index (κ1) is 16.0. The van der Waals surface area contributed by atoms with E-state index in [4.69, 9.17) is 0 Å². The van der Waals surface area contributed by atoms with E-state index in [2.05, 4.69) is 5.32 Å². The zero-order chi connectivity index (χ0) is 15.6. The van der Waals surface area contributed by atoms with Crippen LogP contribution in [0, 0.1) is 13.8 Å². The number of hydrogen-bond donors (Lipinski definition) is 1. The van der Waals surface area contributed by atoms with Crippen LogP contribution in [-0.2, 0) is 14.8 Å². The minimum Gasteiger partial charge on any atom is -0.326 e. The van der Waals surface area contributed by atoms with Gasteiger partial charge in [-0.3, -0.25) is 4.79 Å². The van der Waals surface area contributed by atoms with E-state index in [1.807, 2.05) is 32.0 Å². The average molecular weight is 310 g/mol. The van der Waals surface area contributed by atoms with Crippen molar-refractivity contribution >= 4 is 21.6 Å². The quantitative estimate of drug-likeness (QED) is 0.874. The van der Waals surface area contributed by atoms with E-state index in [1.54, 1.807) is 0 Å². The molecule has 5 nitrogen and oxygen atoms in total. The first-order valence-corrected chi connectivity index (χ1v) is 8.95. The van der Waals surface area contributed by atoms with Crippen LogP contribution < -0.4 is 5.32 Å². The summed E-state index contributed by atoms with van der Waals surface area (Å²) in [4.78, 5) is 12.0. The standard InChI is InChI=1S/C15H22N2O3S/c1-11-8-12(2)10-13(9-11)16-15(18)6-7-17(14-4-5-14)21(3,19)20/h8-10,14H,4-7H2,1-3H3,(H,16,18). The number of anilines is 1. The van der Waals surface area contributed by atoms with Gasteiger partial charge in [0.2, 0.25) is 15.9 Å². The second-order valence-electron chi connectivity index (χ2n) is 5.78. The maximum atomic E-state index is 12.0. The summed E-state index contributed by atoms with van der Waals surface area (Å²) in [5.74, 6) is -0.158. The molecule has 1 aliphatic carbocycles. The van der Waals surface area contributed by atoms with Gasteiger partial charge in [0.05, 0.1) is 6.26 Å². The molecule has 1 aromatic rings. The fourth-order valence-corrected chi connectivity index (χ4v) is 3.64. The fourth-order valence-electron chi connectivity index (χ4n) is 2.46. The maximum absolute atomic E-state index is 12.0. The largest absolute Gasteiger partial charge is 0.326 e. The van der Waals surface area contributed by atoms with Gasteiger partial charge in [-0.2, -0.15) is 4.31 Å². The third-order valence-electron chi connectivity index (χ3n) is 3.44. The molecule has 1 aliphatic rings. The average Bonchev–Trinajstić information content (AvgIpc) is 3.09. The van der Waals surface area contributed by atoms with E-state index in [0.717, 1.165) is 29.7 Å². The second kappa shape index (κ2) is 6.15. The molecule has 1 fully saturated rings. The Morgan fingerprint density at radius 2 is 1.81 bits per heavy atom. The molecule has 21 heavy (non-hydrogen) atoms. The number of hydrogen-bond acceptors (Lipinski definition) is 3. The van der Waals surface area contributed by atoms with Crippen LogP contribution in [0.15, 0.2) is 18.2 Å². The highest BCUT2D eigenvalue weighted by Gasteiger charge is 2.34. The number of benzene rings is 1. The highest BCUT2D eigenvalue weighted by atomic mass is 32.2. The van der Waals surface area contributed by atoms with E-state index in [0.29, 0.717) is 0 Å². The van der Waals surface area contributed by atoms with Gasteiger partial charge < -0.3 is 5.32 Å². The summed E-state index contributed by atoms with van der Waals surface area (Å²) in [7, 11) is -3.23. The molecule has 0 bridgehead atoms. The zero-order valence-electron chi connectivity index (χ0n) is 12.7. The van der Waals surface area contributed by atoms with Gasteiger partial charge in [0, 0.05) is 24.7 Å². The van der Waals surface area contributed by atoms with Crippen molar-refractivity contribution in [1.82, 2.24) is 4.31 Å². The van der Waals surface area contributed by atoms with E-state index >= 15 is 0 Å². The maximum Gasteiger partial charge on any atom is 0.225 e. The van der Waals surface area contributed by atoms with Gasteiger partial charge in [-0.05, 0) is 49.9 Å². The number of amides is 1. The van der Waals surface area contributed by atoms with Gasteiger partial charge in [-0.25, -0.2) is 8.42 Å². The molecule has 1 amide bonds. The Balaban J connectivity index is 1.92. The van der Waals surface area contributed by atoms with E-state index in [9.17, 15) is 13.2 Å². The van der Waals surface area contributed by atoms with Crippen LogP contribution in [0.5, 0.6) is 0 Å². The third kappa shape index (κ3) is 4.82. The smallest absolute Gasteiger partial charge is 0.225 e. The highest BCUT2D eigenvalue weighted by molar-refractivity contribution is 7.88. The Hall–Kier alpha value is -1.40. The minimum absolute atomic E-state index is 0.0917. The summed E-state index contributed by atoms with van der Waals surface area (Å²) in [6, 6.07) is 5.93. The molecule has 0 atom stereocenters. The van der Waals surface area contributed by atoms with E-state index < -0.39 is 10.0 Å².